The highest BCUT2D eigenvalue weighted by molar-refractivity contribution is 9.10. The molecule has 0 fully saturated rings. The summed E-state index contributed by atoms with van der Waals surface area (Å²) in [6, 6.07) is 9.44. The van der Waals surface area contributed by atoms with Gasteiger partial charge in [-0.25, -0.2) is 8.78 Å². The Hall–Kier alpha value is -2.46. The maximum atomic E-state index is 13.8. The zero-order valence-electron chi connectivity index (χ0n) is 15.6. The molecular formula is C19H17BrF2N4O2S. The first-order chi connectivity index (χ1) is 13.8. The number of hydrogen-bond donors (Lipinski definition) is 1. The number of nitrogens with one attached hydrogen (secondary N) is 1. The van der Waals surface area contributed by atoms with Crippen LogP contribution in [0.1, 0.15) is 11.4 Å². The average Bonchev–Trinajstić information content (AvgIpc) is 3.01. The van der Waals surface area contributed by atoms with Gasteiger partial charge in [-0.15, -0.1) is 10.2 Å². The smallest absolute Gasteiger partial charge is 0.234 e. The lowest BCUT2D eigenvalue weighted by Crippen LogP contribution is -2.16. The monoisotopic (exact) mass is 482 g/mol. The summed E-state index contributed by atoms with van der Waals surface area (Å²) in [6.07, 6.45) is 0. The quantitative estimate of drug-likeness (QED) is 0.503. The number of halogens is 3. The largest absolute Gasteiger partial charge is 0.486 e. The normalized spacial score (nSPS) is 10.8. The van der Waals surface area contributed by atoms with Crippen LogP contribution >= 0.6 is 27.7 Å². The van der Waals surface area contributed by atoms with Crippen LogP contribution < -0.4 is 10.1 Å². The Bertz CT molecular complexity index is 1020. The third-order valence-electron chi connectivity index (χ3n) is 3.89. The van der Waals surface area contributed by atoms with Gasteiger partial charge < -0.3 is 14.6 Å². The van der Waals surface area contributed by atoms with E-state index >= 15 is 0 Å². The minimum Gasteiger partial charge on any atom is -0.486 e. The summed E-state index contributed by atoms with van der Waals surface area (Å²) in [6.45, 7) is 2.21. The van der Waals surface area contributed by atoms with Gasteiger partial charge >= 0.3 is 0 Å². The number of amides is 1. The topological polar surface area (TPSA) is 69.0 Å². The first-order valence-electron chi connectivity index (χ1n) is 8.48. The summed E-state index contributed by atoms with van der Waals surface area (Å²) in [7, 11) is 1.77. The van der Waals surface area contributed by atoms with Crippen molar-refractivity contribution >= 4 is 39.3 Å². The first-order valence-corrected chi connectivity index (χ1v) is 10.3. The maximum Gasteiger partial charge on any atom is 0.234 e. The van der Waals surface area contributed by atoms with Crippen molar-refractivity contribution in [3.63, 3.8) is 0 Å². The van der Waals surface area contributed by atoms with Crippen molar-refractivity contribution in [1.29, 1.82) is 0 Å². The van der Waals surface area contributed by atoms with E-state index < -0.39 is 17.5 Å². The summed E-state index contributed by atoms with van der Waals surface area (Å²) in [4.78, 5) is 12.1. The maximum absolute atomic E-state index is 13.8. The molecule has 2 aromatic carbocycles. The van der Waals surface area contributed by atoms with Crippen molar-refractivity contribution in [3.8, 4) is 5.75 Å². The fraction of sp³-hybridized carbons (Fsp3) is 0.211. The molecule has 0 unspecified atom stereocenters. The molecule has 1 heterocycles. The van der Waals surface area contributed by atoms with E-state index in [1.165, 1.54) is 0 Å². The summed E-state index contributed by atoms with van der Waals surface area (Å²) in [5.74, 6) is -0.740. The van der Waals surface area contributed by atoms with E-state index in [9.17, 15) is 13.6 Å². The SMILES string of the molecule is Cc1cccc(OCc2nnc(SCC(=O)Nc3c(F)cc(F)cc3Br)n2C)c1. The van der Waals surface area contributed by atoms with Crippen LogP contribution in [0.15, 0.2) is 46.0 Å². The Kier molecular flexibility index (Phi) is 6.86. The van der Waals surface area contributed by atoms with Crippen LogP contribution in [0.3, 0.4) is 0 Å². The molecule has 1 amide bonds. The minimum absolute atomic E-state index is 0.0199. The number of carbonyl (C=O) groups excluding carboxylic acids is 1. The van der Waals surface area contributed by atoms with Crippen molar-refractivity contribution < 1.29 is 18.3 Å². The second kappa shape index (κ2) is 9.36. The summed E-state index contributed by atoms with van der Waals surface area (Å²) >= 11 is 4.18. The fourth-order valence-corrected chi connectivity index (χ4v) is 3.65. The number of rotatable bonds is 7. The van der Waals surface area contributed by atoms with E-state index in [0.717, 1.165) is 29.1 Å². The van der Waals surface area contributed by atoms with E-state index in [1.54, 1.807) is 11.6 Å². The molecule has 1 N–H and O–H groups in total. The Labute approximate surface area is 178 Å². The third kappa shape index (κ3) is 5.54. The molecule has 0 radical (unpaired) electrons. The van der Waals surface area contributed by atoms with Crippen LogP contribution in [-0.4, -0.2) is 26.4 Å². The van der Waals surface area contributed by atoms with Gasteiger partial charge in [0.2, 0.25) is 5.91 Å². The lowest BCUT2D eigenvalue weighted by atomic mass is 10.2. The number of aryl methyl sites for hydroxylation is 1. The number of hydrogen-bond acceptors (Lipinski definition) is 5. The van der Waals surface area contributed by atoms with Crippen molar-refractivity contribution in [3.05, 3.63) is 63.9 Å². The molecule has 6 nitrogen and oxygen atoms in total. The van der Waals surface area contributed by atoms with Gasteiger partial charge in [0.15, 0.2) is 16.8 Å². The van der Waals surface area contributed by atoms with Crippen LogP contribution in [0, 0.1) is 18.6 Å². The minimum atomic E-state index is -0.857. The average molecular weight is 483 g/mol. The van der Waals surface area contributed by atoms with Gasteiger partial charge in [0, 0.05) is 17.6 Å². The van der Waals surface area contributed by atoms with Crippen molar-refractivity contribution in [2.24, 2.45) is 7.05 Å². The molecule has 0 bridgehead atoms. The summed E-state index contributed by atoms with van der Waals surface area (Å²) < 4.78 is 34.5. The first kappa shape index (κ1) is 21.3. The second-order valence-corrected chi connectivity index (χ2v) is 7.94. The van der Waals surface area contributed by atoms with Gasteiger partial charge in [-0.05, 0) is 46.6 Å². The van der Waals surface area contributed by atoms with Crippen molar-refractivity contribution in [1.82, 2.24) is 14.8 Å². The zero-order chi connectivity index (χ0) is 21.0. The van der Waals surface area contributed by atoms with Crippen LogP contribution in [0.4, 0.5) is 14.5 Å². The standard InChI is InChI=1S/C19H17BrF2N4O2S/c1-11-4-3-5-13(6-11)28-9-16-24-25-19(26(16)2)29-10-17(27)23-18-14(20)7-12(21)8-15(18)22/h3-8H,9-10H2,1-2H3,(H,23,27). The number of nitrogens with zero attached hydrogens (tertiary/aromatic N) is 3. The van der Waals surface area contributed by atoms with Crippen LogP contribution in [0.25, 0.3) is 0 Å². The van der Waals surface area contributed by atoms with Crippen molar-refractivity contribution in [2.45, 2.75) is 18.7 Å². The third-order valence-corrected chi connectivity index (χ3v) is 5.53. The number of ether oxygens (including phenoxy) is 1. The van der Waals surface area contributed by atoms with Crippen LogP contribution in [-0.2, 0) is 18.4 Å². The van der Waals surface area contributed by atoms with E-state index in [1.807, 2.05) is 31.2 Å². The lowest BCUT2D eigenvalue weighted by molar-refractivity contribution is -0.113. The number of thioether (sulfide) groups is 1. The van der Waals surface area contributed by atoms with Gasteiger partial charge in [0.05, 0.1) is 11.4 Å². The van der Waals surface area contributed by atoms with Gasteiger partial charge in [-0.1, -0.05) is 23.9 Å². The highest BCUT2D eigenvalue weighted by atomic mass is 79.9. The zero-order valence-corrected chi connectivity index (χ0v) is 18.0. The summed E-state index contributed by atoms with van der Waals surface area (Å²) in [5, 5.41) is 11.1. The van der Waals surface area contributed by atoms with Crippen LogP contribution in [0.2, 0.25) is 0 Å². The molecule has 10 heteroatoms. The van der Waals surface area contributed by atoms with Gasteiger partial charge in [-0.2, -0.15) is 0 Å². The molecule has 0 aliphatic carbocycles. The highest BCUT2D eigenvalue weighted by Gasteiger charge is 2.15. The highest BCUT2D eigenvalue weighted by Crippen LogP contribution is 2.27. The van der Waals surface area contributed by atoms with E-state index in [0.29, 0.717) is 17.0 Å². The van der Waals surface area contributed by atoms with E-state index in [-0.39, 0.29) is 22.5 Å². The second-order valence-electron chi connectivity index (χ2n) is 6.14. The molecule has 0 spiro atoms. The molecule has 29 heavy (non-hydrogen) atoms. The molecule has 0 aliphatic heterocycles. The number of benzene rings is 2. The van der Waals surface area contributed by atoms with Gasteiger partial charge in [-0.3, -0.25) is 4.79 Å². The molecule has 3 aromatic rings. The predicted octanol–water partition coefficient (Wildman–Crippen LogP) is 4.47. The Morgan fingerprint density at radius 3 is 2.79 bits per heavy atom. The number of anilines is 1. The lowest BCUT2D eigenvalue weighted by Gasteiger charge is -2.09. The Morgan fingerprint density at radius 1 is 1.28 bits per heavy atom. The fourth-order valence-electron chi connectivity index (χ4n) is 2.42. The molecule has 1 aromatic heterocycles. The number of carbonyl (C=O) groups is 1. The molecule has 0 atom stereocenters. The molecule has 3 rings (SSSR count). The van der Waals surface area contributed by atoms with Gasteiger partial charge in [0.1, 0.15) is 18.2 Å². The Morgan fingerprint density at radius 2 is 2.07 bits per heavy atom. The number of aromatic nitrogens is 3. The predicted molar refractivity (Wildman–Crippen MR) is 110 cm³/mol. The molecule has 0 saturated carbocycles. The van der Waals surface area contributed by atoms with Gasteiger partial charge in [0.25, 0.3) is 0 Å². The van der Waals surface area contributed by atoms with Crippen molar-refractivity contribution in [2.75, 3.05) is 11.1 Å². The molecular weight excluding hydrogens is 466 g/mol. The molecule has 0 aliphatic rings. The van der Waals surface area contributed by atoms with E-state index in [4.69, 9.17) is 4.74 Å². The molecule has 0 saturated heterocycles. The van der Waals surface area contributed by atoms with Crippen LogP contribution in [0.5, 0.6) is 5.75 Å². The van der Waals surface area contributed by atoms with E-state index in [2.05, 4.69) is 31.4 Å². The Balaban J connectivity index is 1.57. The summed E-state index contributed by atoms with van der Waals surface area (Å²) in [5.41, 5.74) is 0.981. The molecule has 152 valence electrons.